The van der Waals surface area contributed by atoms with Crippen molar-refractivity contribution in [2.75, 3.05) is 19.5 Å². The van der Waals surface area contributed by atoms with Crippen molar-refractivity contribution in [3.8, 4) is 11.5 Å². The molecule has 1 aromatic heterocycles. The summed E-state index contributed by atoms with van der Waals surface area (Å²) in [5.41, 5.74) is 1.82. The van der Waals surface area contributed by atoms with E-state index in [4.69, 9.17) is 9.47 Å². The molecule has 3 aromatic rings. The molecule has 22 heavy (non-hydrogen) atoms. The van der Waals surface area contributed by atoms with Crippen LogP contribution in [0.1, 0.15) is 10.4 Å². The molecule has 112 valence electrons. The Morgan fingerprint density at radius 3 is 2.55 bits per heavy atom. The second-order valence-corrected chi connectivity index (χ2v) is 4.70. The quantitative estimate of drug-likeness (QED) is 0.776. The summed E-state index contributed by atoms with van der Waals surface area (Å²) in [5.74, 6) is 0.981. The van der Waals surface area contributed by atoms with Gasteiger partial charge in [-0.3, -0.25) is 9.89 Å². The van der Waals surface area contributed by atoms with Crippen LogP contribution in [0.2, 0.25) is 0 Å². The molecule has 0 unspecified atom stereocenters. The van der Waals surface area contributed by atoms with E-state index in [2.05, 4.69) is 15.5 Å². The Bertz CT molecular complexity index is 804. The number of anilines is 1. The normalized spacial score (nSPS) is 10.5. The second kappa shape index (κ2) is 5.77. The van der Waals surface area contributed by atoms with Gasteiger partial charge in [-0.25, -0.2) is 0 Å². The smallest absolute Gasteiger partial charge is 0.257 e. The molecule has 0 aliphatic heterocycles. The lowest BCUT2D eigenvalue weighted by atomic mass is 10.1. The largest absolute Gasteiger partial charge is 0.497 e. The van der Waals surface area contributed by atoms with Crippen molar-refractivity contribution in [3.63, 3.8) is 0 Å². The third kappa shape index (κ3) is 2.58. The van der Waals surface area contributed by atoms with Gasteiger partial charge < -0.3 is 14.8 Å². The zero-order valence-corrected chi connectivity index (χ0v) is 12.2. The molecule has 0 radical (unpaired) electrons. The molecule has 1 amide bonds. The highest BCUT2D eigenvalue weighted by molar-refractivity contribution is 6.11. The first-order valence-electron chi connectivity index (χ1n) is 6.68. The fourth-order valence-corrected chi connectivity index (χ4v) is 2.24. The van der Waals surface area contributed by atoms with Crippen molar-refractivity contribution in [2.45, 2.75) is 0 Å². The number of aromatic nitrogens is 2. The van der Waals surface area contributed by atoms with Crippen LogP contribution in [0.15, 0.2) is 42.6 Å². The summed E-state index contributed by atoms with van der Waals surface area (Å²) < 4.78 is 10.4. The van der Waals surface area contributed by atoms with Crippen molar-refractivity contribution < 1.29 is 14.3 Å². The number of fused-ring (bicyclic) bond motifs is 1. The van der Waals surface area contributed by atoms with Crippen LogP contribution >= 0.6 is 0 Å². The van der Waals surface area contributed by atoms with Crippen LogP contribution in [0.25, 0.3) is 10.9 Å². The van der Waals surface area contributed by atoms with E-state index in [0.717, 1.165) is 5.39 Å². The molecule has 0 aliphatic carbocycles. The number of methoxy groups -OCH3 is 2. The van der Waals surface area contributed by atoms with Gasteiger partial charge in [0.05, 0.1) is 31.5 Å². The Hall–Kier alpha value is -3.02. The molecular weight excluding hydrogens is 282 g/mol. The van der Waals surface area contributed by atoms with E-state index in [1.165, 1.54) is 0 Å². The first-order valence-corrected chi connectivity index (χ1v) is 6.68. The van der Waals surface area contributed by atoms with Crippen LogP contribution in [-0.4, -0.2) is 30.3 Å². The highest BCUT2D eigenvalue weighted by Gasteiger charge is 2.12. The zero-order valence-electron chi connectivity index (χ0n) is 12.2. The Balaban J connectivity index is 1.92. The molecule has 6 heteroatoms. The molecule has 0 saturated heterocycles. The van der Waals surface area contributed by atoms with Gasteiger partial charge in [-0.2, -0.15) is 5.10 Å². The SMILES string of the molecule is COc1cc(NC(=O)c2cccc3cn[nH]c23)cc(OC)c1. The van der Waals surface area contributed by atoms with Crippen LogP contribution in [0, 0.1) is 0 Å². The fourth-order valence-electron chi connectivity index (χ4n) is 2.24. The highest BCUT2D eigenvalue weighted by atomic mass is 16.5. The standard InChI is InChI=1S/C16H15N3O3/c1-21-12-6-11(7-13(8-12)22-2)18-16(20)14-5-3-4-10-9-17-19-15(10)14/h3-9H,1-2H3,(H,17,19)(H,18,20). The molecule has 0 atom stereocenters. The predicted molar refractivity (Wildman–Crippen MR) is 83.6 cm³/mol. The first kappa shape index (κ1) is 13.9. The van der Waals surface area contributed by atoms with Crippen molar-refractivity contribution >= 4 is 22.5 Å². The summed E-state index contributed by atoms with van der Waals surface area (Å²) in [4.78, 5) is 12.5. The van der Waals surface area contributed by atoms with Gasteiger partial charge in [0.2, 0.25) is 0 Å². The van der Waals surface area contributed by atoms with Crippen molar-refractivity contribution in [3.05, 3.63) is 48.2 Å². The van der Waals surface area contributed by atoms with Crippen LogP contribution in [0.3, 0.4) is 0 Å². The molecular formula is C16H15N3O3. The van der Waals surface area contributed by atoms with Crippen molar-refractivity contribution in [1.29, 1.82) is 0 Å². The Morgan fingerprint density at radius 1 is 1.14 bits per heavy atom. The van der Waals surface area contributed by atoms with Gasteiger partial charge in [0, 0.05) is 29.3 Å². The van der Waals surface area contributed by atoms with Gasteiger partial charge in [0.15, 0.2) is 0 Å². The van der Waals surface area contributed by atoms with E-state index in [-0.39, 0.29) is 5.91 Å². The molecule has 0 saturated carbocycles. The average molecular weight is 297 g/mol. The molecule has 2 N–H and O–H groups in total. The van der Waals surface area contributed by atoms with Gasteiger partial charge >= 0.3 is 0 Å². The molecule has 0 bridgehead atoms. The molecule has 0 fully saturated rings. The van der Waals surface area contributed by atoms with Gasteiger partial charge in [-0.1, -0.05) is 12.1 Å². The number of amides is 1. The lowest BCUT2D eigenvalue weighted by Gasteiger charge is -2.10. The van der Waals surface area contributed by atoms with Crippen LogP contribution in [0.4, 0.5) is 5.69 Å². The Morgan fingerprint density at radius 2 is 1.86 bits per heavy atom. The monoisotopic (exact) mass is 297 g/mol. The number of hydrogen-bond donors (Lipinski definition) is 2. The van der Waals surface area contributed by atoms with Gasteiger partial charge in [0.1, 0.15) is 11.5 Å². The number of hydrogen-bond acceptors (Lipinski definition) is 4. The van der Waals surface area contributed by atoms with Gasteiger partial charge in [-0.15, -0.1) is 0 Å². The number of para-hydroxylation sites is 1. The van der Waals surface area contributed by atoms with Crippen LogP contribution in [-0.2, 0) is 0 Å². The number of aromatic amines is 1. The summed E-state index contributed by atoms with van der Waals surface area (Å²) >= 11 is 0. The topological polar surface area (TPSA) is 76.2 Å². The maximum absolute atomic E-state index is 12.5. The molecule has 6 nitrogen and oxygen atoms in total. The first-order chi connectivity index (χ1) is 10.7. The number of carbonyl (C=O) groups excluding carboxylic acids is 1. The van der Waals surface area contributed by atoms with Gasteiger partial charge in [0.25, 0.3) is 5.91 Å². The Labute approximate surface area is 127 Å². The van der Waals surface area contributed by atoms with E-state index in [0.29, 0.717) is 28.3 Å². The molecule has 0 spiro atoms. The van der Waals surface area contributed by atoms with E-state index >= 15 is 0 Å². The molecule has 1 heterocycles. The predicted octanol–water partition coefficient (Wildman–Crippen LogP) is 2.83. The summed E-state index contributed by atoms with van der Waals surface area (Å²) in [6.45, 7) is 0. The minimum Gasteiger partial charge on any atom is -0.497 e. The third-order valence-electron chi connectivity index (χ3n) is 3.33. The van der Waals surface area contributed by atoms with E-state index < -0.39 is 0 Å². The zero-order chi connectivity index (χ0) is 15.5. The van der Waals surface area contributed by atoms with E-state index in [9.17, 15) is 4.79 Å². The fraction of sp³-hybridized carbons (Fsp3) is 0.125. The third-order valence-corrected chi connectivity index (χ3v) is 3.33. The number of ether oxygens (including phenoxy) is 2. The summed E-state index contributed by atoms with van der Waals surface area (Å²) in [6.07, 6.45) is 1.68. The van der Waals surface area contributed by atoms with Gasteiger partial charge in [-0.05, 0) is 6.07 Å². The summed E-state index contributed by atoms with van der Waals surface area (Å²) in [7, 11) is 3.12. The average Bonchev–Trinajstić information content (AvgIpc) is 3.02. The van der Waals surface area contributed by atoms with E-state index in [1.54, 1.807) is 44.7 Å². The van der Waals surface area contributed by atoms with Crippen molar-refractivity contribution in [1.82, 2.24) is 10.2 Å². The Kier molecular flexibility index (Phi) is 3.65. The minimum atomic E-state index is -0.231. The van der Waals surface area contributed by atoms with Crippen LogP contribution in [0.5, 0.6) is 11.5 Å². The molecule has 2 aromatic carbocycles. The number of H-pyrrole nitrogens is 1. The minimum absolute atomic E-state index is 0.231. The number of rotatable bonds is 4. The summed E-state index contributed by atoms with van der Waals surface area (Å²) in [5, 5.41) is 10.5. The number of benzene rings is 2. The number of nitrogens with zero attached hydrogens (tertiary/aromatic N) is 1. The molecule has 0 aliphatic rings. The van der Waals surface area contributed by atoms with Crippen LogP contribution < -0.4 is 14.8 Å². The lowest BCUT2D eigenvalue weighted by molar-refractivity contribution is 0.102. The highest BCUT2D eigenvalue weighted by Crippen LogP contribution is 2.26. The lowest BCUT2D eigenvalue weighted by Crippen LogP contribution is -2.12. The second-order valence-electron chi connectivity index (χ2n) is 4.70. The number of carbonyl (C=O) groups is 1. The number of nitrogens with one attached hydrogen (secondary N) is 2. The van der Waals surface area contributed by atoms with E-state index in [1.807, 2.05) is 12.1 Å². The maximum atomic E-state index is 12.5. The molecule has 3 rings (SSSR count). The summed E-state index contributed by atoms with van der Waals surface area (Å²) in [6, 6.07) is 10.7. The van der Waals surface area contributed by atoms with Crippen molar-refractivity contribution in [2.24, 2.45) is 0 Å². The maximum Gasteiger partial charge on any atom is 0.257 e.